The first-order valence-corrected chi connectivity index (χ1v) is 12.9. The minimum atomic E-state index is -1.41. The Kier molecular flexibility index (Phi) is 10.2. The summed E-state index contributed by atoms with van der Waals surface area (Å²) in [6.07, 6.45) is -0.309. The fourth-order valence-corrected chi connectivity index (χ4v) is 9.84. The molecule has 0 aliphatic heterocycles. The number of ketones is 1. The third kappa shape index (κ3) is 8.42. The summed E-state index contributed by atoms with van der Waals surface area (Å²) < 4.78 is 0. The van der Waals surface area contributed by atoms with Gasteiger partial charge >= 0.3 is 143 Å². The van der Waals surface area contributed by atoms with Gasteiger partial charge in [0, 0.05) is 0 Å². The Morgan fingerprint density at radius 2 is 1.39 bits per heavy atom. The number of aliphatic carboxylic acids is 3. The van der Waals surface area contributed by atoms with E-state index in [0.717, 1.165) is 0 Å². The molecule has 0 aliphatic carbocycles. The average molecular weight is 463 g/mol. The molecule has 0 bridgehead atoms. The molecule has 23 heavy (non-hydrogen) atoms. The molecule has 0 fully saturated rings. The van der Waals surface area contributed by atoms with Crippen molar-refractivity contribution in [2.45, 2.75) is 41.1 Å². The summed E-state index contributed by atoms with van der Waals surface area (Å²) in [6, 6.07) is -3.68. The van der Waals surface area contributed by atoms with Crippen LogP contribution in [-0.2, 0) is 19.2 Å². The van der Waals surface area contributed by atoms with Crippen LogP contribution in [0.2, 0.25) is 10.1 Å². The van der Waals surface area contributed by atoms with Gasteiger partial charge in [0.15, 0.2) is 0 Å². The van der Waals surface area contributed by atoms with Crippen LogP contribution < -0.4 is 17.2 Å². The summed E-state index contributed by atoms with van der Waals surface area (Å²) in [7, 11) is 0. The van der Waals surface area contributed by atoms with Crippen LogP contribution in [0.3, 0.4) is 0 Å². The van der Waals surface area contributed by atoms with Crippen molar-refractivity contribution in [3.8, 4) is 0 Å². The number of Topliss-reactive ketones (excluding diaryl/α,β-unsaturated/α-hetero) is 1. The maximum atomic E-state index is 12.1. The van der Waals surface area contributed by atoms with E-state index < -0.39 is 59.8 Å². The molecule has 0 aromatic carbocycles. The van der Waals surface area contributed by atoms with E-state index in [1.54, 1.807) is 0 Å². The van der Waals surface area contributed by atoms with Gasteiger partial charge in [0.05, 0.1) is 0 Å². The predicted molar refractivity (Wildman–Crippen MR) is 81.1 cm³/mol. The van der Waals surface area contributed by atoms with Gasteiger partial charge in [0.2, 0.25) is 0 Å². The molecular formula is C11H19N3O7Se2. The van der Waals surface area contributed by atoms with Crippen LogP contribution in [-0.4, -0.2) is 83.4 Å². The van der Waals surface area contributed by atoms with E-state index >= 15 is 0 Å². The number of hydrogen-bond acceptors (Lipinski definition) is 7. The molecule has 0 radical (unpaired) electrons. The standard InChI is InChI=1S/C11H19N3O7Se2/c12-4(9(16)17)1-2-6(15)8(7(14)11(20)21)23-22-3-5(13)10(18)19/h4-5,7-8H,1-3,12-14H2,(H,16,17)(H,18,19)(H,20,21). The molecule has 4 unspecified atom stereocenters. The Balaban J connectivity index is 4.68. The Labute approximate surface area is 143 Å². The number of carbonyl (C=O) groups is 4. The van der Waals surface area contributed by atoms with Crippen LogP contribution >= 0.6 is 0 Å². The SMILES string of the molecule is NC(CCC(=O)C([Se][Se]CC(N)C(=O)O)C(N)C(=O)O)C(=O)O. The van der Waals surface area contributed by atoms with Crippen molar-refractivity contribution in [3.63, 3.8) is 0 Å². The predicted octanol–water partition coefficient (Wildman–Crippen LogP) is -2.90. The zero-order valence-corrected chi connectivity index (χ0v) is 15.4. The normalized spacial score (nSPS) is 16.1. The molecule has 0 aromatic heterocycles. The second kappa shape index (κ2) is 10.7. The van der Waals surface area contributed by atoms with Crippen molar-refractivity contribution in [3.05, 3.63) is 0 Å². The topological polar surface area (TPSA) is 207 Å². The van der Waals surface area contributed by atoms with Gasteiger partial charge in [-0.15, -0.1) is 0 Å². The summed E-state index contributed by atoms with van der Waals surface area (Å²) in [4.78, 5) is 43.4. The van der Waals surface area contributed by atoms with Crippen molar-refractivity contribution in [1.82, 2.24) is 0 Å². The summed E-state index contributed by atoms with van der Waals surface area (Å²) in [5, 5.41) is 26.5. The first-order chi connectivity index (χ1) is 10.6. The van der Waals surface area contributed by atoms with E-state index in [9.17, 15) is 19.2 Å². The number of carbonyl (C=O) groups excluding carboxylic acids is 1. The van der Waals surface area contributed by atoms with Crippen LogP contribution in [0, 0.1) is 0 Å². The number of carboxylic acid groups (broad SMARTS) is 3. The summed E-state index contributed by atoms with van der Waals surface area (Å²) in [6.45, 7) is 0. The van der Waals surface area contributed by atoms with Crippen molar-refractivity contribution in [2.75, 3.05) is 0 Å². The molecule has 9 N–H and O–H groups in total. The maximum absolute atomic E-state index is 12.1. The molecule has 0 aromatic rings. The van der Waals surface area contributed by atoms with Gasteiger partial charge in [0.1, 0.15) is 0 Å². The van der Waals surface area contributed by atoms with Crippen LogP contribution in [0.1, 0.15) is 12.8 Å². The Hall–Kier alpha value is -1.00. The van der Waals surface area contributed by atoms with Crippen molar-refractivity contribution >= 4 is 50.0 Å². The van der Waals surface area contributed by atoms with Crippen molar-refractivity contribution in [1.29, 1.82) is 0 Å². The summed E-state index contributed by atoms with van der Waals surface area (Å²) in [5.41, 5.74) is 16.2. The summed E-state index contributed by atoms with van der Waals surface area (Å²) >= 11 is -0.838. The molecule has 132 valence electrons. The number of hydrogen-bond donors (Lipinski definition) is 6. The molecule has 0 saturated heterocycles. The number of carboxylic acids is 3. The quantitative estimate of drug-likeness (QED) is 0.163. The van der Waals surface area contributed by atoms with Gasteiger partial charge in [-0.2, -0.15) is 0 Å². The average Bonchev–Trinajstić information content (AvgIpc) is 2.47. The molecule has 0 spiro atoms. The third-order valence-electron chi connectivity index (χ3n) is 2.68. The Bertz CT molecular complexity index is 463. The Morgan fingerprint density at radius 3 is 1.83 bits per heavy atom. The molecular weight excluding hydrogens is 444 g/mol. The number of rotatable bonds is 12. The van der Waals surface area contributed by atoms with E-state index in [4.69, 9.17) is 32.5 Å². The van der Waals surface area contributed by atoms with Crippen molar-refractivity contribution in [2.24, 2.45) is 17.2 Å². The van der Waals surface area contributed by atoms with E-state index in [2.05, 4.69) is 0 Å². The van der Waals surface area contributed by atoms with E-state index in [1.165, 1.54) is 0 Å². The first-order valence-electron chi connectivity index (χ1n) is 6.34. The van der Waals surface area contributed by atoms with Crippen LogP contribution in [0.15, 0.2) is 0 Å². The monoisotopic (exact) mass is 465 g/mol. The molecule has 10 nitrogen and oxygen atoms in total. The first kappa shape index (κ1) is 22.0. The molecule has 0 aliphatic rings. The fourth-order valence-electron chi connectivity index (χ4n) is 1.26. The minimum absolute atomic E-state index is 0.116. The van der Waals surface area contributed by atoms with E-state index in [1.807, 2.05) is 0 Å². The van der Waals surface area contributed by atoms with E-state index in [0.29, 0.717) is 0 Å². The van der Waals surface area contributed by atoms with Gasteiger partial charge < -0.3 is 0 Å². The molecule has 0 amide bonds. The van der Waals surface area contributed by atoms with Gasteiger partial charge in [-0.05, 0) is 0 Å². The number of nitrogens with two attached hydrogens (primary N) is 3. The summed E-state index contributed by atoms with van der Waals surface area (Å²) in [5.74, 6) is -4.23. The van der Waals surface area contributed by atoms with Crippen LogP contribution in [0.25, 0.3) is 0 Å². The van der Waals surface area contributed by atoms with Gasteiger partial charge in [-0.1, -0.05) is 0 Å². The van der Waals surface area contributed by atoms with Gasteiger partial charge in [-0.3, -0.25) is 0 Å². The van der Waals surface area contributed by atoms with E-state index in [-0.39, 0.29) is 31.3 Å². The molecule has 0 rings (SSSR count). The van der Waals surface area contributed by atoms with Crippen molar-refractivity contribution < 1.29 is 34.5 Å². The van der Waals surface area contributed by atoms with Gasteiger partial charge in [-0.25, -0.2) is 0 Å². The second-order valence-electron chi connectivity index (χ2n) is 4.56. The molecule has 0 saturated carbocycles. The van der Waals surface area contributed by atoms with Crippen LogP contribution in [0.5, 0.6) is 0 Å². The second-order valence-corrected chi connectivity index (χ2v) is 11.9. The molecule has 4 atom stereocenters. The van der Waals surface area contributed by atoms with Gasteiger partial charge in [0.25, 0.3) is 0 Å². The Morgan fingerprint density at radius 1 is 0.870 bits per heavy atom. The van der Waals surface area contributed by atoms with Crippen LogP contribution in [0.4, 0.5) is 0 Å². The fraction of sp³-hybridized carbons (Fsp3) is 0.636. The third-order valence-corrected chi connectivity index (χ3v) is 10.8. The molecule has 12 heteroatoms. The zero-order chi connectivity index (χ0) is 18.2. The molecule has 0 heterocycles. The zero-order valence-electron chi connectivity index (χ0n) is 12.0.